The van der Waals surface area contributed by atoms with Crippen LogP contribution in [0.25, 0.3) is 0 Å². The van der Waals surface area contributed by atoms with Gasteiger partial charge in [0.15, 0.2) is 0 Å². The zero-order chi connectivity index (χ0) is 21.1. The van der Waals surface area contributed by atoms with Gasteiger partial charge in [-0.05, 0) is 36.8 Å². The molecule has 28 heavy (non-hydrogen) atoms. The molecule has 0 saturated heterocycles. The van der Waals surface area contributed by atoms with Crippen LogP contribution in [0, 0.1) is 17.0 Å². The van der Waals surface area contributed by atoms with Gasteiger partial charge in [0.05, 0.1) is 9.82 Å². The maximum absolute atomic E-state index is 12.7. The molecular formula is C18H20ClN3O5S. The molecule has 2 rings (SSSR count). The quantitative estimate of drug-likeness (QED) is 0.535. The Morgan fingerprint density at radius 1 is 1.18 bits per heavy atom. The number of benzene rings is 2. The fourth-order valence-electron chi connectivity index (χ4n) is 2.65. The maximum Gasteiger partial charge on any atom is 0.289 e. The number of anilines is 1. The van der Waals surface area contributed by atoms with Gasteiger partial charge in [-0.2, -0.15) is 4.31 Å². The highest BCUT2D eigenvalue weighted by Gasteiger charge is 2.23. The second kappa shape index (κ2) is 8.68. The summed E-state index contributed by atoms with van der Waals surface area (Å²) in [6.07, 6.45) is 0. The van der Waals surface area contributed by atoms with E-state index in [2.05, 4.69) is 5.32 Å². The summed E-state index contributed by atoms with van der Waals surface area (Å²) in [5.41, 5.74) is 0.567. The summed E-state index contributed by atoms with van der Waals surface area (Å²) in [7, 11) is -3.72. The van der Waals surface area contributed by atoms with Crippen LogP contribution in [0.4, 0.5) is 11.4 Å². The SMILES string of the molecule is CCN(CC)S(=O)(=O)c1ccc(C)c(C(=O)Nc2ccc(Cl)c([N+](=O)[O-])c2)c1. The number of nitrogens with zero attached hydrogens (tertiary/aromatic N) is 2. The predicted molar refractivity (Wildman–Crippen MR) is 107 cm³/mol. The van der Waals surface area contributed by atoms with Gasteiger partial charge in [0.1, 0.15) is 5.02 Å². The average Bonchev–Trinajstić information content (AvgIpc) is 2.63. The molecule has 0 aliphatic carbocycles. The summed E-state index contributed by atoms with van der Waals surface area (Å²) in [6.45, 7) is 5.75. The first-order chi connectivity index (χ1) is 13.1. The van der Waals surface area contributed by atoms with Crippen molar-refractivity contribution in [2.45, 2.75) is 25.7 Å². The summed E-state index contributed by atoms with van der Waals surface area (Å²) < 4.78 is 26.7. The van der Waals surface area contributed by atoms with Crippen molar-refractivity contribution in [3.8, 4) is 0 Å². The van der Waals surface area contributed by atoms with Gasteiger partial charge >= 0.3 is 0 Å². The Morgan fingerprint density at radius 2 is 1.82 bits per heavy atom. The molecule has 0 spiro atoms. The number of hydrogen-bond donors (Lipinski definition) is 1. The highest BCUT2D eigenvalue weighted by Crippen LogP contribution is 2.28. The molecule has 0 unspecified atom stereocenters. The van der Waals surface area contributed by atoms with Crippen LogP contribution in [-0.2, 0) is 10.0 Å². The lowest BCUT2D eigenvalue weighted by Gasteiger charge is -2.19. The normalized spacial score (nSPS) is 11.5. The van der Waals surface area contributed by atoms with Crippen molar-refractivity contribution < 1.29 is 18.1 Å². The van der Waals surface area contributed by atoms with Crippen molar-refractivity contribution in [1.82, 2.24) is 4.31 Å². The predicted octanol–water partition coefficient (Wildman–Crippen LogP) is 3.84. The number of carbonyl (C=O) groups is 1. The van der Waals surface area contributed by atoms with Crippen LogP contribution in [0.3, 0.4) is 0 Å². The Bertz CT molecular complexity index is 1020. The van der Waals surface area contributed by atoms with Gasteiger partial charge in [0, 0.05) is 30.4 Å². The molecule has 2 aromatic rings. The zero-order valence-corrected chi connectivity index (χ0v) is 17.2. The number of aryl methyl sites for hydroxylation is 1. The molecule has 0 atom stereocenters. The molecule has 0 aromatic heterocycles. The molecule has 1 amide bonds. The minimum atomic E-state index is -3.72. The molecule has 0 saturated carbocycles. The van der Waals surface area contributed by atoms with Gasteiger partial charge in [-0.25, -0.2) is 8.42 Å². The molecule has 2 aromatic carbocycles. The average molecular weight is 426 g/mol. The van der Waals surface area contributed by atoms with Crippen LogP contribution in [0.2, 0.25) is 5.02 Å². The summed E-state index contributed by atoms with van der Waals surface area (Å²) in [5.74, 6) is -0.578. The molecule has 0 radical (unpaired) electrons. The van der Waals surface area contributed by atoms with Crippen molar-refractivity contribution in [1.29, 1.82) is 0 Å². The summed E-state index contributed by atoms with van der Waals surface area (Å²) >= 11 is 5.77. The van der Waals surface area contributed by atoms with E-state index in [4.69, 9.17) is 11.6 Å². The smallest absolute Gasteiger partial charge is 0.289 e. The molecule has 0 heterocycles. The second-order valence-electron chi connectivity index (χ2n) is 5.94. The number of amides is 1. The van der Waals surface area contributed by atoms with Crippen LogP contribution in [0.15, 0.2) is 41.3 Å². The van der Waals surface area contributed by atoms with Crippen LogP contribution in [-0.4, -0.2) is 36.6 Å². The van der Waals surface area contributed by atoms with Crippen molar-refractivity contribution in [2.24, 2.45) is 0 Å². The summed E-state index contributed by atoms with van der Waals surface area (Å²) in [4.78, 5) is 23.0. The summed E-state index contributed by atoms with van der Waals surface area (Å²) in [5, 5.41) is 13.5. The lowest BCUT2D eigenvalue weighted by atomic mass is 10.1. The molecule has 0 fully saturated rings. The number of sulfonamides is 1. The second-order valence-corrected chi connectivity index (χ2v) is 8.29. The fraction of sp³-hybridized carbons (Fsp3) is 0.278. The number of nitro groups is 1. The van der Waals surface area contributed by atoms with E-state index < -0.39 is 20.9 Å². The Balaban J connectivity index is 2.39. The van der Waals surface area contributed by atoms with E-state index in [-0.39, 0.29) is 26.9 Å². The van der Waals surface area contributed by atoms with E-state index in [1.807, 2.05) is 0 Å². The molecule has 150 valence electrons. The third-order valence-corrected chi connectivity index (χ3v) is 6.56. The van der Waals surface area contributed by atoms with Gasteiger partial charge in [-0.3, -0.25) is 14.9 Å². The van der Waals surface area contributed by atoms with Crippen molar-refractivity contribution >= 4 is 38.9 Å². The first kappa shape index (κ1) is 21.8. The minimum absolute atomic E-state index is 0.00837. The van der Waals surface area contributed by atoms with E-state index in [9.17, 15) is 23.3 Å². The van der Waals surface area contributed by atoms with Gasteiger partial charge in [0.2, 0.25) is 10.0 Å². The Morgan fingerprint density at radius 3 is 2.39 bits per heavy atom. The van der Waals surface area contributed by atoms with Gasteiger partial charge < -0.3 is 5.32 Å². The van der Waals surface area contributed by atoms with Crippen LogP contribution < -0.4 is 5.32 Å². The fourth-order valence-corrected chi connectivity index (χ4v) is 4.32. The van der Waals surface area contributed by atoms with Gasteiger partial charge in [-0.1, -0.05) is 31.5 Å². The molecule has 8 nitrogen and oxygen atoms in total. The number of nitro benzene ring substituents is 1. The van der Waals surface area contributed by atoms with E-state index in [1.54, 1.807) is 26.8 Å². The highest BCUT2D eigenvalue weighted by atomic mass is 35.5. The van der Waals surface area contributed by atoms with Crippen LogP contribution in [0.5, 0.6) is 0 Å². The first-order valence-corrected chi connectivity index (χ1v) is 10.3. The maximum atomic E-state index is 12.7. The monoisotopic (exact) mass is 425 g/mol. The number of nitrogens with one attached hydrogen (secondary N) is 1. The number of halogens is 1. The van der Waals surface area contributed by atoms with Crippen molar-refractivity contribution in [3.63, 3.8) is 0 Å². The molecule has 0 aliphatic rings. The Kier molecular flexibility index (Phi) is 6.76. The van der Waals surface area contributed by atoms with E-state index >= 15 is 0 Å². The topological polar surface area (TPSA) is 110 Å². The van der Waals surface area contributed by atoms with E-state index in [0.29, 0.717) is 18.7 Å². The Hall–Kier alpha value is -2.49. The molecule has 1 N–H and O–H groups in total. The Labute approximate surface area is 168 Å². The molecule has 0 bridgehead atoms. The van der Waals surface area contributed by atoms with E-state index in [0.717, 1.165) is 6.07 Å². The molecule has 10 heteroatoms. The standard InChI is InChI=1S/C18H20ClN3O5S/c1-4-21(5-2)28(26,27)14-8-6-12(3)15(11-14)18(23)20-13-7-9-16(19)17(10-13)22(24)25/h6-11H,4-5H2,1-3H3,(H,20,23). The van der Waals surface area contributed by atoms with Crippen molar-refractivity contribution in [3.05, 3.63) is 62.7 Å². The number of rotatable bonds is 7. The van der Waals surface area contributed by atoms with Gasteiger partial charge in [-0.15, -0.1) is 0 Å². The number of hydrogen-bond acceptors (Lipinski definition) is 5. The largest absolute Gasteiger partial charge is 0.322 e. The zero-order valence-electron chi connectivity index (χ0n) is 15.6. The number of carbonyl (C=O) groups excluding carboxylic acids is 1. The van der Waals surface area contributed by atoms with Gasteiger partial charge in [0.25, 0.3) is 11.6 Å². The third-order valence-electron chi connectivity index (χ3n) is 4.20. The molecule has 0 aliphatic heterocycles. The lowest BCUT2D eigenvalue weighted by molar-refractivity contribution is -0.384. The highest BCUT2D eigenvalue weighted by molar-refractivity contribution is 7.89. The van der Waals surface area contributed by atoms with E-state index in [1.165, 1.54) is 28.6 Å². The minimum Gasteiger partial charge on any atom is -0.322 e. The first-order valence-electron chi connectivity index (χ1n) is 8.47. The molecular weight excluding hydrogens is 406 g/mol. The lowest BCUT2D eigenvalue weighted by Crippen LogP contribution is -2.30. The summed E-state index contributed by atoms with van der Waals surface area (Å²) in [6, 6.07) is 8.19. The van der Waals surface area contributed by atoms with Crippen molar-refractivity contribution in [2.75, 3.05) is 18.4 Å². The van der Waals surface area contributed by atoms with Crippen LogP contribution in [0.1, 0.15) is 29.8 Å². The third kappa shape index (κ3) is 4.49. The van der Waals surface area contributed by atoms with Crippen LogP contribution >= 0.6 is 11.6 Å².